The fraction of sp³-hybridized carbons (Fsp3) is 0.385. The lowest BCUT2D eigenvalue weighted by molar-refractivity contribution is 0.267. The SMILES string of the molecule is CC.CONc1nc(Br)n(Cc2ccc(OC)cc2)n1. The van der Waals surface area contributed by atoms with Crippen LogP contribution in [0.3, 0.4) is 0 Å². The molecule has 0 atom stereocenters. The van der Waals surface area contributed by atoms with Crippen molar-refractivity contribution < 1.29 is 9.57 Å². The molecule has 0 unspecified atom stereocenters. The van der Waals surface area contributed by atoms with Gasteiger partial charge in [-0.3, -0.25) is 4.84 Å². The van der Waals surface area contributed by atoms with Crippen LogP contribution in [-0.4, -0.2) is 29.0 Å². The predicted octanol–water partition coefficient (Wildman–Crippen LogP) is 3.10. The molecule has 6 nitrogen and oxygen atoms in total. The number of benzene rings is 1. The van der Waals surface area contributed by atoms with E-state index in [1.807, 2.05) is 38.1 Å². The van der Waals surface area contributed by atoms with E-state index in [0.717, 1.165) is 11.3 Å². The summed E-state index contributed by atoms with van der Waals surface area (Å²) >= 11 is 3.34. The van der Waals surface area contributed by atoms with Crippen molar-refractivity contribution in [3.05, 3.63) is 34.6 Å². The first kappa shape index (κ1) is 16.5. The second kappa shape index (κ2) is 8.55. The van der Waals surface area contributed by atoms with Crippen molar-refractivity contribution in [2.45, 2.75) is 20.4 Å². The molecule has 0 saturated heterocycles. The first-order chi connectivity index (χ1) is 9.72. The molecular weight excluding hydrogens is 324 g/mol. The average molecular weight is 343 g/mol. The number of hydrogen-bond acceptors (Lipinski definition) is 5. The third-order valence-electron chi connectivity index (χ3n) is 2.31. The van der Waals surface area contributed by atoms with Crippen LogP contribution in [0, 0.1) is 0 Å². The number of nitrogens with one attached hydrogen (secondary N) is 1. The number of ether oxygens (including phenoxy) is 1. The normalized spacial score (nSPS) is 9.65. The third-order valence-corrected chi connectivity index (χ3v) is 2.90. The largest absolute Gasteiger partial charge is 0.497 e. The lowest BCUT2D eigenvalue weighted by Crippen LogP contribution is -2.03. The van der Waals surface area contributed by atoms with Gasteiger partial charge in [-0.1, -0.05) is 26.0 Å². The highest BCUT2D eigenvalue weighted by molar-refractivity contribution is 9.10. The summed E-state index contributed by atoms with van der Waals surface area (Å²) in [6.07, 6.45) is 0. The summed E-state index contributed by atoms with van der Waals surface area (Å²) in [5, 5.41) is 4.23. The number of rotatable bonds is 5. The summed E-state index contributed by atoms with van der Waals surface area (Å²) in [5.41, 5.74) is 3.68. The summed E-state index contributed by atoms with van der Waals surface area (Å²) in [6, 6.07) is 7.79. The van der Waals surface area contributed by atoms with Gasteiger partial charge >= 0.3 is 0 Å². The maximum atomic E-state index is 5.11. The zero-order chi connectivity index (χ0) is 15.0. The quantitative estimate of drug-likeness (QED) is 0.846. The fourth-order valence-corrected chi connectivity index (χ4v) is 1.83. The Morgan fingerprint density at radius 2 is 1.85 bits per heavy atom. The molecule has 2 aromatic rings. The molecule has 20 heavy (non-hydrogen) atoms. The van der Waals surface area contributed by atoms with Crippen LogP contribution in [0.4, 0.5) is 5.95 Å². The molecule has 0 spiro atoms. The van der Waals surface area contributed by atoms with Gasteiger partial charge in [0.2, 0.25) is 0 Å². The molecule has 2 rings (SSSR count). The lowest BCUT2D eigenvalue weighted by Gasteiger charge is -2.04. The van der Waals surface area contributed by atoms with Gasteiger partial charge < -0.3 is 4.74 Å². The van der Waals surface area contributed by atoms with Crippen LogP contribution >= 0.6 is 15.9 Å². The topological polar surface area (TPSA) is 61.2 Å². The Labute approximate surface area is 127 Å². The molecule has 0 radical (unpaired) electrons. The second-order valence-corrected chi connectivity index (χ2v) is 4.23. The molecule has 7 heteroatoms. The monoisotopic (exact) mass is 342 g/mol. The summed E-state index contributed by atoms with van der Waals surface area (Å²) in [4.78, 5) is 8.89. The summed E-state index contributed by atoms with van der Waals surface area (Å²) in [7, 11) is 3.16. The van der Waals surface area contributed by atoms with Crippen LogP contribution in [0.2, 0.25) is 0 Å². The van der Waals surface area contributed by atoms with E-state index in [9.17, 15) is 0 Å². The predicted molar refractivity (Wildman–Crippen MR) is 81.8 cm³/mol. The van der Waals surface area contributed by atoms with Crippen LogP contribution < -0.4 is 10.2 Å². The van der Waals surface area contributed by atoms with Crippen LogP contribution in [-0.2, 0) is 11.4 Å². The highest BCUT2D eigenvalue weighted by atomic mass is 79.9. The van der Waals surface area contributed by atoms with Crippen molar-refractivity contribution in [2.24, 2.45) is 0 Å². The Morgan fingerprint density at radius 3 is 2.40 bits per heavy atom. The lowest BCUT2D eigenvalue weighted by atomic mass is 10.2. The van der Waals surface area contributed by atoms with E-state index in [2.05, 4.69) is 31.5 Å². The second-order valence-electron chi connectivity index (χ2n) is 3.52. The Morgan fingerprint density at radius 1 is 1.20 bits per heavy atom. The van der Waals surface area contributed by atoms with E-state index in [4.69, 9.17) is 9.57 Å². The van der Waals surface area contributed by atoms with Gasteiger partial charge in [0.15, 0.2) is 4.73 Å². The molecule has 0 aliphatic heterocycles. The van der Waals surface area contributed by atoms with E-state index in [1.165, 1.54) is 7.11 Å². The highest BCUT2D eigenvalue weighted by Gasteiger charge is 2.07. The van der Waals surface area contributed by atoms with Gasteiger partial charge in [-0.25, -0.2) is 10.2 Å². The van der Waals surface area contributed by atoms with Crippen molar-refractivity contribution in [2.75, 3.05) is 19.7 Å². The zero-order valence-corrected chi connectivity index (χ0v) is 13.6. The molecule has 0 aliphatic rings. The Kier molecular flexibility index (Phi) is 7.03. The van der Waals surface area contributed by atoms with Crippen molar-refractivity contribution in [1.82, 2.24) is 14.8 Å². The van der Waals surface area contributed by atoms with Gasteiger partial charge in [0, 0.05) is 0 Å². The molecule has 1 aromatic carbocycles. The van der Waals surface area contributed by atoms with E-state index in [1.54, 1.807) is 11.8 Å². The molecule has 1 N–H and O–H groups in total. The van der Waals surface area contributed by atoms with Gasteiger partial charge in [0.05, 0.1) is 20.8 Å². The van der Waals surface area contributed by atoms with Gasteiger partial charge in [0.1, 0.15) is 5.75 Å². The minimum Gasteiger partial charge on any atom is -0.497 e. The highest BCUT2D eigenvalue weighted by Crippen LogP contribution is 2.15. The van der Waals surface area contributed by atoms with Gasteiger partial charge in [0.25, 0.3) is 5.95 Å². The van der Waals surface area contributed by atoms with Gasteiger partial charge in [-0.05, 0) is 33.6 Å². The molecule has 0 amide bonds. The zero-order valence-electron chi connectivity index (χ0n) is 12.1. The number of aromatic nitrogens is 3. The van der Waals surface area contributed by atoms with E-state index in [-0.39, 0.29) is 0 Å². The maximum absolute atomic E-state index is 5.11. The van der Waals surface area contributed by atoms with E-state index < -0.39 is 0 Å². The van der Waals surface area contributed by atoms with Crippen LogP contribution in [0.15, 0.2) is 29.0 Å². The molecule has 0 saturated carbocycles. The first-order valence-electron chi connectivity index (χ1n) is 6.25. The molecule has 110 valence electrons. The van der Waals surface area contributed by atoms with Crippen LogP contribution in [0.5, 0.6) is 5.75 Å². The van der Waals surface area contributed by atoms with Gasteiger partial charge in [-0.15, -0.1) is 5.10 Å². The van der Waals surface area contributed by atoms with Crippen LogP contribution in [0.1, 0.15) is 19.4 Å². The number of nitrogens with zero attached hydrogens (tertiary/aromatic N) is 3. The molecule has 0 aliphatic carbocycles. The first-order valence-corrected chi connectivity index (χ1v) is 7.04. The van der Waals surface area contributed by atoms with Gasteiger partial charge in [-0.2, -0.15) is 4.98 Å². The number of methoxy groups -OCH3 is 1. The Balaban J connectivity index is 0.000000956. The molecule has 0 bridgehead atoms. The molecule has 0 fully saturated rings. The molecular formula is C13H19BrN4O2. The molecule has 1 aromatic heterocycles. The van der Waals surface area contributed by atoms with E-state index >= 15 is 0 Å². The van der Waals surface area contributed by atoms with Crippen molar-refractivity contribution in [3.63, 3.8) is 0 Å². The minimum absolute atomic E-state index is 0.415. The molecule has 1 heterocycles. The van der Waals surface area contributed by atoms with Crippen molar-refractivity contribution in [1.29, 1.82) is 0 Å². The van der Waals surface area contributed by atoms with Crippen LogP contribution in [0.25, 0.3) is 0 Å². The Bertz CT molecular complexity index is 514. The average Bonchev–Trinajstić information content (AvgIpc) is 2.82. The van der Waals surface area contributed by atoms with Crippen molar-refractivity contribution in [3.8, 4) is 5.75 Å². The fourth-order valence-electron chi connectivity index (χ4n) is 1.46. The summed E-state index contributed by atoms with van der Waals surface area (Å²) in [6.45, 7) is 4.61. The van der Waals surface area contributed by atoms with Crippen molar-refractivity contribution >= 4 is 21.9 Å². The van der Waals surface area contributed by atoms with E-state index in [0.29, 0.717) is 17.2 Å². The maximum Gasteiger partial charge on any atom is 0.267 e. The number of halogens is 1. The third kappa shape index (κ3) is 4.50. The summed E-state index contributed by atoms with van der Waals surface area (Å²) < 4.78 is 7.47. The number of hydrogen-bond donors (Lipinski definition) is 1. The number of anilines is 1. The minimum atomic E-state index is 0.415. The standard InChI is InChI=1S/C11H13BrN4O2.C2H6/c1-17-9-5-3-8(4-6-9)7-16-10(12)13-11(14-16)15-18-2;1-2/h3-6H,7H2,1-2H3,(H,14,15);1-2H3. The summed E-state index contributed by atoms with van der Waals surface area (Å²) in [5.74, 6) is 1.25. The smallest absolute Gasteiger partial charge is 0.267 e. The Hall–Kier alpha value is -1.60.